The first kappa shape index (κ1) is 25.4. The third-order valence-electron chi connectivity index (χ3n) is 4.95. The number of aromatic nitrogens is 1. The first-order valence-corrected chi connectivity index (χ1v) is 14.2. The number of carbonyl (C=O) groups excluding carboxylic acids is 1. The number of sulfone groups is 2. The second-order valence-corrected chi connectivity index (χ2v) is 11.7. The van der Waals surface area contributed by atoms with Gasteiger partial charge in [0, 0.05) is 12.4 Å². The minimum absolute atomic E-state index is 0.142. The molecule has 0 atom stereocenters. The molecule has 0 radical (unpaired) electrons. The molecule has 0 saturated heterocycles. The molecule has 0 aliphatic rings. The van der Waals surface area contributed by atoms with Crippen molar-refractivity contribution in [3.8, 4) is 0 Å². The zero-order valence-corrected chi connectivity index (χ0v) is 20.6. The van der Waals surface area contributed by atoms with Gasteiger partial charge in [-0.05, 0) is 36.6 Å². The van der Waals surface area contributed by atoms with Gasteiger partial charge in [-0.25, -0.2) is 22.3 Å². The van der Waals surface area contributed by atoms with E-state index in [9.17, 15) is 21.6 Å². The number of amides is 1. The average molecular weight is 502 g/mol. The lowest BCUT2D eigenvalue weighted by molar-refractivity contribution is 0.0945. The van der Waals surface area contributed by atoms with Gasteiger partial charge >= 0.3 is 0 Å². The van der Waals surface area contributed by atoms with Crippen molar-refractivity contribution in [2.24, 2.45) is 5.10 Å². The van der Waals surface area contributed by atoms with Gasteiger partial charge in [-0.15, -0.1) is 0 Å². The zero-order chi connectivity index (χ0) is 24.8. The van der Waals surface area contributed by atoms with Crippen LogP contribution >= 0.6 is 0 Å². The van der Waals surface area contributed by atoms with Crippen molar-refractivity contribution in [1.29, 1.82) is 0 Å². The first-order chi connectivity index (χ1) is 16.2. The number of allylic oxidation sites excluding steroid dienone is 1. The van der Waals surface area contributed by atoms with Gasteiger partial charge < -0.3 is 4.40 Å². The van der Waals surface area contributed by atoms with Crippen LogP contribution in [0.1, 0.15) is 42.7 Å². The van der Waals surface area contributed by atoms with Crippen LogP contribution in [0.3, 0.4) is 0 Å². The summed E-state index contributed by atoms with van der Waals surface area (Å²) in [6, 6.07) is 14.2. The minimum atomic E-state index is -4.08. The second kappa shape index (κ2) is 10.8. The Balaban J connectivity index is 2.10. The van der Waals surface area contributed by atoms with Crippen LogP contribution < -0.4 is 5.43 Å². The number of pyridine rings is 1. The van der Waals surface area contributed by atoms with Crippen molar-refractivity contribution < 1.29 is 21.6 Å². The Morgan fingerprint density at radius 2 is 1.53 bits per heavy atom. The summed E-state index contributed by atoms with van der Waals surface area (Å²) < 4.78 is 54.0. The van der Waals surface area contributed by atoms with Crippen LogP contribution in [0.2, 0.25) is 0 Å². The molecule has 2 aromatic heterocycles. The Morgan fingerprint density at radius 3 is 2.18 bits per heavy atom. The number of nitrogens with one attached hydrogen (secondary N) is 1. The van der Waals surface area contributed by atoms with Crippen molar-refractivity contribution in [3.05, 3.63) is 72.1 Å². The van der Waals surface area contributed by atoms with Crippen LogP contribution in [0.25, 0.3) is 11.6 Å². The number of nitrogens with zero attached hydrogens (tertiary/aromatic N) is 2. The molecule has 1 N–H and O–H groups in total. The van der Waals surface area contributed by atoms with Crippen molar-refractivity contribution in [2.75, 3.05) is 11.5 Å². The van der Waals surface area contributed by atoms with E-state index in [1.807, 2.05) is 30.3 Å². The lowest BCUT2D eigenvalue weighted by Gasteiger charge is -2.08. The van der Waals surface area contributed by atoms with Crippen LogP contribution in [0.15, 0.2) is 75.7 Å². The minimum Gasteiger partial charge on any atom is -0.310 e. The van der Waals surface area contributed by atoms with Gasteiger partial charge in [0.1, 0.15) is 15.5 Å². The van der Waals surface area contributed by atoms with E-state index >= 15 is 0 Å². The molecule has 10 heteroatoms. The molecule has 8 nitrogen and oxygen atoms in total. The molecule has 0 fully saturated rings. The highest BCUT2D eigenvalue weighted by Gasteiger charge is 2.36. The van der Waals surface area contributed by atoms with Crippen molar-refractivity contribution in [3.63, 3.8) is 0 Å². The van der Waals surface area contributed by atoms with Crippen molar-refractivity contribution >= 4 is 43.4 Å². The molecular weight excluding hydrogens is 474 g/mol. The predicted octanol–water partition coefficient (Wildman–Crippen LogP) is 3.74. The summed E-state index contributed by atoms with van der Waals surface area (Å²) in [5, 5.41) is 3.88. The van der Waals surface area contributed by atoms with E-state index < -0.39 is 30.5 Å². The summed E-state index contributed by atoms with van der Waals surface area (Å²) in [6.07, 6.45) is 6.81. The predicted molar refractivity (Wildman–Crippen MR) is 134 cm³/mol. The molecule has 0 spiro atoms. The molecule has 0 bridgehead atoms. The van der Waals surface area contributed by atoms with Crippen LogP contribution in [-0.2, 0) is 19.7 Å². The lowest BCUT2D eigenvalue weighted by atomic mass is 10.2. The Kier molecular flexibility index (Phi) is 8.06. The molecule has 1 aromatic carbocycles. The molecule has 0 saturated carbocycles. The smallest absolute Gasteiger partial charge is 0.289 e. The van der Waals surface area contributed by atoms with E-state index in [0.29, 0.717) is 6.42 Å². The van der Waals surface area contributed by atoms with Crippen LogP contribution in [0.4, 0.5) is 0 Å². The summed E-state index contributed by atoms with van der Waals surface area (Å²) in [6.45, 7) is 3.37. The fraction of sp³-hybridized carbons (Fsp3) is 0.250. The zero-order valence-electron chi connectivity index (χ0n) is 19.0. The third-order valence-corrected chi connectivity index (χ3v) is 9.03. The van der Waals surface area contributed by atoms with E-state index in [1.165, 1.54) is 22.9 Å². The summed E-state index contributed by atoms with van der Waals surface area (Å²) in [7, 11) is -8.05. The maximum atomic E-state index is 13.2. The highest BCUT2D eigenvalue weighted by molar-refractivity contribution is 7.94. The molecule has 0 unspecified atom stereocenters. The maximum Gasteiger partial charge on any atom is 0.289 e. The van der Waals surface area contributed by atoms with Crippen LogP contribution in [-0.4, -0.2) is 44.9 Å². The van der Waals surface area contributed by atoms with E-state index in [4.69, 9.17) is 0 Å². The van der Waals surface area contributed by atoms with Crippen LogP contribution in [0.5, 0.6) is 0 Å². The van der Waals surface area contributed by atoms with E-state index in [2.05, 4.69) is 10.5 Å². The molecule has 2 heterocycles. The highest BCUT2D eigenvalue weighted by Crippen LogP contribution is 2.34. The van der Waals surface area contributed by atoms with Crippen molar-refractivity contribution in [1.82, 2.24) is 9.83 Å². The number of rotatable bonds is 10. The summed E-state index contributed by atoms with van der Waals surface area (Å²) >= 11 is 0. The number of hydrogen-bond donors (Lipinski definition) is 1. The Bertz CT molecular complexity index is 1440. The molecule has 1 amide bonds. The third kappa shape index (κ3) is 5.45. The number of hydrazone groups is 1. The summed E-state index contributed by atoms with van der Waals surface area (Å²) in [5.74, 6) is -1.35. The van der Waals surface area contributed by atoms with E-state index in [0.717, 1.165) is 5.56 Å². The topological polar surface area (TPSA) is 114 Å². The summed E-state index contributed by atoms with van der Waals surface area (Å²) in [4.78, 5) is 12.3. The number of hydrogen-bond acceptors (Lipinski definition) is 6. The molecule has 34 heavy (non-hydrogen) atoms. The van der Waals surface area contributed by atoms with E-state index in [-0.39, 0.29) is 34.0 Å². The monoisotopic (exact) mass is 501 g/mol. The molecule has 0 aliphatic carbocycles. The number of carbonyl (C=O) groups is 1. The number of benzene rings is 1. The molecule has 0 aliphatic heterocycles. The fourth-order valence-corrected chi connectivity index (χ4v) is 7.59. The first-order valence-electron chi connectivity index (χ1n) is 10.9. The Morgan fingerprint density at radius 1 is 0.912 bits per heavy atom. The Hall–Kier alpha value is -3.24. The van der Waals surface area contributed by atoms with Gasteiger partial charge in [0.15, 0.2) is 19.7 Å². The second-order valence-electron chi connectivity index (χ2n) is 7.59. The summed E-state index contributed by atoms with van der Waals surface area (Å²) in [5.41, 5.74) is 3.14. The van der Waals surface area contributed by atoms with Gasteiger partial charge in [0.25, 0.3) is 5.91 Å². The van der Waals surface area contributed by atoms with Gasteiger partial charge in [-0.3, -0.25) is 4.79 Å². The van der Waals surface area contributed by atoms with Gasteiger partial charge in [-0.1, -0.05) is 56.3 Å². The number of fused-ring (bicyclic) bond motifs is 1. The SMILES string of the molecule is CCCS(=O)(=O)c1c(S(=O)(=O)CCC)c2ccccn2c1C(=O)NN=CC=Cc1ccccc1. The van der Waals surface area contributed by atoms with E-state index in [1.54, 1.807) is 38.1 Å². The standard InChI is InChI=1S/C24H27N3O5S2/c1-3-17-33(29,30)22-20-14-8-9-16-27(20)21(23(22)34(31,32)18-4-2)24(28)26-25-15-10-13-19-11-6-5-7-12-19/h5-16H,3-4,17-18H2,1-2H3,(H,26,28). The molecular formula is C24H27N3O5S2. The molecule has 3 rings (SSSR count). The maximum absolute atomic E-state index is 13.2. The van der Waals surface area contributed by atoms with Gasteiger partial charge in [-0.2, -0.15) is 5.10 Å². The normalized spacial score (nSPS) is 12.6. The average Bonchev–Trinajstić information content (AvgIpc) is 3.17. The Labute approximate surface area is 199 Å². The lowest BCUT2D eigenvalue weighted by Crippen LogP contribution is -2.23. The van der Waals surface area contributed by atoms with Crippen molar-refractivity contribution in [2.45, 2.75) is 36.5 Å². The molecule has 180 valence electrons. The van der Waals surface area contributed by atoms with Gasteiger partial charge in [0.2, 0.25) is 0 Å². The van der Waals surface area contributed by atoms with Gasteiger partial charge in [0.05, 0.1) is 17.0 Å². The largest absolute Gasteiger partial charge is 0.310 e. The molecule has 3 aromatic rings. The quantitative estimate of drug-likeness (QED) is 0.336. The fourth-order valence-electron chi connectivity index (χ4n) is 3.61. The highest BCUT2D eigenvalue weighted by atomic mass is 32.2. The van der Waals surface area contributed by atoms with Crippen LogP contribution in [0, 0.1) is 0 Å².